The van der Waals surface area contributed by atoms with E-state index < -0.39 is 17.8 Å². The van der Waals surface area contributed by atoms with Gasteiger partial charge in [0.05, 0.1) is 0 Å². The van der Waals surface area contributed by atoms with Crippen LogP contribution in [0.1, 0.15) is 38.1 Å². The summed E-state index contributed by atoms with van der Waals surface area (Å²) in [4.78, 5) is 27.3. The molecular weight excluding hydrogens is 357 g/mol. The molecule has 0 aliphatic heterocycles. The van der Waals surface area contributed by atoms with Gasteiger partial charge in [0.1, 0.15) is 11.9 Å². The van der Waals surface area contributed by atoms with Gasteiger partial charge in [0.15, 0.2) is 0 Å². The van der Waals surface area contributed by atoms with Crippen LogP contribution in [0, 0.1) is 11.7 Å². The van der Waals surface area contributed by atoms with E-state index in [9.17, 15) is 14.0 Å². The Morgan fingerprint density at radius 3 is 2.04 bits per heavy atom. The Kier molecular flexibility index (Phi) is 7.55. The topological polar surface area (TPSA) is 61.4 Å². The third kappa shape index (κ3) is 5.55. The SMILES string of the molecule is CCN(CC)c1ccc(NC(=O)C(NC(=O)c2ccc(F)cc2)C(C)C)cc1. The summed E-state index contributed by atoms with van der Waals surface area (Å²) in [7, 11) is 0. The van der Waals surface area contributed by atoms with E-state index in [0.717, 1.165) is 18.8 Å². The molecule has 6 heteroatoms. The molecule has 0 radical (unpaired) electrons. The molecule has 0 aromatic heterocycles. The fourth-order valence-corrected chi connectivity index (χ4v) is 2.93. The number of halogens is 1. The van der Waals surface area contributed by atoms with Gasteiger partial charge in [0, 0.05) is 30.0 Å². The lowest BCUT2D eigenvalue weighted by molar-refractivity contribution is -0.118. The van der Waals surface area contributed by atoms with Gasteiger partial charge in [-0.05, 0) is 68.3 Å². The van der Waals surface area contributed by atoms with Crippen LogP contribution in [-0.2, 0) is 4.79 Å². The van der Waals surface area contributed by atoms with Crippen molar-refractivity contribution in [2.45, 2.75) is 33.7 Å². The lowest BCUT2D eigenvalue weighted by Gasteiger charge is -2.23. The number of amides is 2. The molecule has 0 aliphatic rings. The second-order valence-corrected chi connectivity index (χ2v) is 6.91. The van der Waals surface area contributed by atoms with Crippen LogP contribution in [0.25, 0.3) is 0 Å². The molecule has 2 rings (SSSR count). The number of carbonyl (C=O) groups excluding carboxylic acids is 2. The number of hydrogen-bond acceptors (Lipinski definition) is 3. The zero-order valence-electron chi connectivity index (χ0n) is 16.8. The fourth-order valence-electron chi connectivity index (χ4n) is 2.93. The number of rotatable bonds is 8. The summed E-state index contributed by atoms with van der Waals surface area (Å²) in [5.41, 5.74) is 2.07. The maximum atomic E-state index is 13.0. The Labute approximate surface area is 165 Å². The minimum absolute atomic E-state index is 0.112. The number of nitrogens with zero attached hydrogens (tertiary/aromatic N) is 1. The number of nitrogens with one attached hydrogen (secondary N) is 2. The van der Waals surface area contributed by atoms with E-state index in [1.54, 1.807) is 0 Å². The van der Waals surface area contributed by atoms with Crippen molar-refractivity contribution in [2.24, 2.45) is 5.92 Å². The van der Waals surface area contributed by atoms with E-state index in [2.05, 4.69) is 29.4 Å². The van der Waals surface area contributed by atoms with Gasteiger partial charge in [-0.2, -0.15) is 0 Å². The smallest absolute Gasteiger partial charge is 0.251 e. The van der Waals surface area contributed by atoms with E-state index in [1.807, 2.05) is 38.1 Å². The third-order valence-corrected chi connectivity index (χ3v) is 4.61. The summed E-state index contributed by atoms with van der Waals surface area (Å²) in [5.74, 6) is -1.23. The molecule has 0 heterocycles. The first-order valence-corrected chi connectivity index (χ1v) is 9.58. The van der Waals surface area contributed by atoms with Gasteiger partial charge in [0.2, 0.25) is 5.91 Å². The predicted molar refractivity (Wildman–Crippen MR) is 111 cm³/mol. The van der Waals surface area contributed by atoms with Crippen molar-refractivity contribution in [3.8, 4) is 0 Å². The van der Waals surface area contributed by atoms with Crippen molar-refractivity contribution >= 4 is 23.2 Å². The summed E-state index contributed by atoms with van der Waals surface area (Å²) in [6.07, 6.45) is 0. The van der Waals surface area contributed by atoms with Crippen molar-refractivity contribution in [2.75, 3.05) is 23.3 Å². The Hall–Kier alpha value is -2.89. The number of hydrogen-bond donors (Lipinski definition) is 2. The highest BCUT2D eigenvalue weighted by atomic mass is 19.1. The molecule has 0 saturated heterocycles. The van der Waals surface area contributed by atoms with Gasteiger partial charge in [0.25, 0.3) is 5.91 Å². The van der Waals surface area contributed by atoms with Crippen LogP contribution >= 0.6 is 0 Å². The standard InChI is InChI=1S/C22H28FN3O2/c1-5-26(6-2)19-13-11-18(12-14-19)24-22(28)20(15(3)4)25-21(27)16-7-9-17(23)10-8-16/h7-15,20H,5-6H2,1-4H3,(H,24,28)(H,25,27). The summed E-state index contributed by atoms with van der Waals surface area (Å²) < 4.78 is 13.0. The van der Waals surface area contributed by atoms with Crippen LogP contribution in [0.15, 0.2) is 48.5 Å². The number of anilines is 2. The zero-order valence-corrected chi connectivity index (χ0v) is 16.8. The van der Waals surface area contributed by atoms with Crippen molar-refractivity contribution < 1.29 is 14.0 Å². The van der Waals surface area contributed by atoms with Crippen molar-refractivity contribution in [3.63, 3.8) is 0 Å². The first kappa shape index (κ1) is 21.4. The second kappa shape index (κ2) is 9.88. The molecule has 0 spiro atoms. The minimum Gasteiger partial charge on any atom is -0.372 e. The van der Waals surface area contributed by atoms with Crippen LogP contribution < -0.4 is 15.5 Å². The highest BCUT2D eigenvalue weighted by Crippen LogP contribution is 2.18. The number of carbonyl (C=O) groups is 2. The van der Waals surface area contributed by atoms with Gasteiger partial charge in [-0.25, -0.2) is 4.39 Å². The largest absolute Gasteiger partial charge is 0.372 e. The zero-order chi connectivity index (χ0) is 20.7. The molecule has 150 valence electrons. The third-order valence-electron chi connectivity index (χ3n) is 4.61. The lowest BCUT2D eigenvalue weighted by atomic mass is 10.0. The molecule has 2 aromatic rings. The summed E-state index contributed by atoms with van der Waals surface area (Å²) in [6.45, 7) is 9.73. The molecule has 1 atom stereocenters. The number of benzene rings is 2. The van der Waals surface area contributed by atoms with Crippen LogP contribution in [-0.4, -0.2) is 30.9 Å². The normalized spacial score (nSPS) is 11.8. The van der Waals surface area contributed by atoms with Crippen molar-refractivity contribution in [1.82, 2.24) is 5.32 Å². The van der Waals surface area contributed by atoms with Gasteiger partial charge >= 0.3 is 0 Å². The van der Waals surface area contributed by atoms with Crippen LogP contribution in [0.3, 0.4) is 0 Å². The lowest BCUT2D eigenvalue weighted by Crippen LogP contribution is -2.47. The first-order chi connectivity index (χ1) is 13.3. The Morgan fingerprint density at radius 2 is 1.54 bits per heavy atom. The van der Waals surface area contributed by atoms with E-state index in [4.69, 9.17) is 0 Å². The van der Waals surface area contributed by atoms with Crippen molar-refractivity contribution in [3.05, 3.63) is 59.9 Å². The molecule has 2 aromatic carbocycles. The van der Waals surface area contributed by atoms with Gasteiger partial charge in [-0.1, -0.05) is 13.8 Å². The van der Waals surface area contributed by atoms with Crippen molar-refractivity contribution in [1.29, 1.82) is 0 Å². The molecule has 2 N–H and O–H groups in total. The van der Waals surface area contributed by atoms with E-state index in [1.165, 1.54) is 24.3 Å². The van der Waals surface area contributed by atoms with Gasteiger partial charge in [-0.3, -0.25) is 9.59 Å². The summed E-state index contributed by atoms with van der Waals surface area (Å²) in [5, 5.41) is 5.60. The molecule has 0 saturated carbocycles. The maximum absolute atomic E-state index is 13.0. The molecule has 5 nitrogen and oxygen atoms in total. The minimum atomic E-state index is -0.708. The van der Waals surface area contributed by atoms with Crippen LogP contribution in [0.2, 0.25) is 0 Å². The van der Waals surface area contributed by atoms with Crippen LogP contribution in [0.5, 0.6) is 0 Å². The van der Waals surface area contributed by atoms with Gasteiger partial charge in [-0.15, -0.1) is 0 Å². The predicted octanol–water partition coefficient (Wildman–Crippen LogP) is 4.07. The highest BCUT2D eigenvalue weighted by molar-refractivity contribution is 6.01. The van der Waals surface area contributed by atoms with Gasteiger partial charge < -0.3 is 15.5 Å². The Morgan fingerprint density at radius 1 is 0.964 bits per heavy atom. The quantitative estimate of drug-likeness (QED) is 0.720. The Bertz CT molecular complexity index is 784. The average molecular weight is 385 g/mol. The molecule has 0 bridgehead atoms. The monoisotopic (exact) mass is 385 g/mol. The summed E-state index contributed by atoms with van der Waals surface area (Å²) in [6, 6.07) is 12.1. The molecule has 0 aliphatic carbocycles. The van der Waals surface area contributed by atoms with Crippen LogP contribution in [0.4, 0.5) is 15.8 Å². The first-order valence-electron chi connectivity index (χ1n) is 9.58. The Balaban J connectivity index is 2.06. The molecule has 1 unspecified atom stereocenters. The fraction of sp³-hybridized carbons (Fsp3) is 0.364. The van der Waals surface area contributed by atoms with E-state index in [-0.39, 0.29) is 11.8 Å². The molecule has 2 amide bonds. The summed E-state index contributed by atoms with van der Waals surface area (Å²) >= 11 is 0. The second-order valence-electron chi connectivity index (χ2n) is 6.91. The highest BCUT2D eigenvalue weighted by Gasteiger charge is 2.25. The van der Waals surface area contributed by atoms with E-state index >= 15 is 0 Å². The molecular formula is C22H28FN3O2. The van der Waals surface area contributed by atoms with E-state index in [0.29, 0.717) is 11.3 Å². The molecule has 28 heavy (non-hydrogen) atoms. The maximum Gasteiger partial charge on any atom is 0.251 e. The average Bonchev–Trinajstić information content (AvgIpc) is 2.68. The molecule has 0 fully saturated rings.